The Hall–Kier alpha value is -1.16. The molecule has 0 N–H and O–H groups in total. The zero-order valence-corrected chi connectivity index (χ0v) is 30.5. The molecule has 3 nitrogen and oxygen atoms in total. The highest BCUT2D eigenvalue weighted by atomic mass is 16.5. The summed E-state index contributed by atoms with van der Waals surface area (Å²) in [6.45, 7) is 11.5. The molecule has 0 spiro atoms. The molecular formula is C42H77NO2. The van der Waals surface area contributed by atoms with Crippen molar-refractivity contribution in [1.29, 1.82) is 0 Å². The van der Waals surface area contributed by atoms with Crippen LogP contribution in [-0.2, 0) is 9.47 Å². The van der Waals surface area contributed by atoms with Crippen LogP contribution in [0.1, 0.15) is 175 Å². The fourth-order valence-corrected chi connectivity index (χ4v) is 5.83. The smallest absolute Gasteiger partial charge is 0.0644 e. The molecule has 2 atom stereocenters. The van der Waals surface area contributed by atoms with E-state index in [1.54, 1.807) is 0 Å². The summed E-state index contributed by atoms with van der Waals surface area (Å²) in [7, 11) is 0. The van der Waals surface area contributed by atoms with E-state index in [4.69, 9.17) is 9.47 Å². The number of hydrogen-bond donors (Lipinski definition) is 0. The standard InChI is InChI=1S/C42H77NO2/c1-4-6-8-10-12-14-16-18-20-22-24-26-28-30-32-34-36-44-39-42(43-38-41(43)3)40-45-37-35-33-31-29-27-25-23-21-19-17-15-13-11-9-7-5-2/h12-15,18-21,41-42H,4-11,16-17,22-40H2,1-3H3. The van der Waals surface area contributed by atoms with Gasteiger partial charge >= 0.3 is 0 Å². The van der Waals surface area contributed by atoms with Crippen molar-refractivity contribution in [2.24, 2.45) is 0 Å². The molecule has 45 heavy (non-hydrogen) atoms. The second kappa shape index (κ2) is 34.2. The van der Waals surface area contributed by atoms with Gasteiger partial charge in [-0.2, -0.15) is 0 Å². The van der Waals surface area contributed by atoms with Crippen molar-refractivity contribution in [3.63, 3.8) is 0 Å². The van der Waals surface area contributed by atoms with Crippen molar-refractivity contribution in [3.05, 3.63) is 48.6 Å². The predicted octanol–water partition coefficient (Wildman–Crippen LogP) is 12.7. The summed E-state index contributed by atoms with van der Waals surface area (Å²) >= 11 is 0. The summed E-state index contributed by atoms with van der Waals surface area (Å²) in [5, 5.41) is 0. The number of allylic oxidation sites excluding steroid dienone is 8. The summed E-state index contributed by atoms with van der Waals surface area (Å²) in [6.07, 6.45) is 49.8. The average Bonchev–Trinajstić information content (AvgIpc) is 3.78. The Kier molecular flexibility index (Phi) is 31.8. The van der Waals surface area contributed by atoms with Crippen LogP contribution in [0.15, 0.2) is 48.6 Å². The number of hydrogen-bond acceptors (Lipinski definition) is 3. The first-order valence-corrected chi connectivity index (χ1v) is 19.8. The Morgan fingerprint density at radius 2 is 0.822 bits per heavy atom. The van der Waals surface area contributed by atoms with Crippen LogP contribution >= 0.6 is 0 Å². The Bertz CT molecular complexity index is 659. The van der Waals surface area contributed by atoms with Crippen LogP contribution in [-0.4, -0.2) is 50.0 Å². The lowest BCUT2D eigenvalue weighted by atomic mass is 10.1. The monoisotopic (exact) mass is 628 g/mol. The summed E-state index contributed by atoms with van der Waals surface area (Å²) in [6, 6.07) is 1.14. The van der Waals surface area contributed by atoms with Gasteiger partial charge in [0.15, 0.2) is 0 Å². The lowest BCUT2D eigenvalue weighted by Crippen LogP contribution is -2.31. The number of unbranched alkanes of at least 4 members (excludes halogenated alkanes) is 18. The van der Waals surface area contributed by atoms with Crippen molar-refractivity contribution in [3.8, 4) is 0 Å². The molecule has 0 radical (unpaired) electrons. The van der Waals surface area contributed by atoms with E-state index in [1.807, 2.05) is 0 Å². The summed E-state index contributed by atoms with van der Waals surface area (Å²) < 4.78 is 12.2. The van der Waals surface area contributed by atoms with Gasteiger partial charge in [0, 0.05) is 25.8 Å². The van der Waals surface area contributed by atoms with Gasteiger partial charge in [-0.25, -0.2) is 0 Å². The van der Waals surface area contributed by atoms with Gasteiger partial charge in [-0.3, -0.25) is 4.90 Å². The third-order valence-electron chi connectivity index (χ3n) is 8.98. The van der Waals surface area contributed by atoms with Crippen molar-refractivity contribution in [1.82, 2.24) is 4.90 Å². The minimum absolute atomic E-state index is 0.439. The van der Waals surface area contributed by atoms with Crippen LogP contribution in [0, 0.1) is 0 Å². The van der Waals surface area contributed by atoms with Gasteiger partial charge in [-0.05, 0) is 84.0 Å². The molecule has 0 aromatic carbocycles. The summed E-state index contributed by atoms with van der Waals surface area (Å²) in [4.78, 5) is 2.54. The van der Waals surface area contributed by atoms with Gasteiger partial charge in [-0.1, -0.05) is 140 Å². The molecule has 1 fully saturated rings. The Morgan fingerprint density at radius 1 is 0.489 bits per heavy atom. The van der Waals surface area contributed by atoms with E-state index in [1.165, 1.54) is 148 Å². The normalized spacial score (nSPS) is 17.6. The fraction of sp³-hybridized carbons (Fsp3) is 0.810. The second-order valence-electron chi connectivity index (χ2n) is 13.5. The van der Waals surface area contributed by atoms with E-state index >= 15 is 0 Å². The maximum Gasteiger partial charge on any atom is 0.0644 e. The van der Waals surface area contributed by atoms with E-state index in [9.17, 15) is 0 Å². The SMILES string of the molecule is CCCCCC=CCC=CCCCCCCCCOCC(COCCCCCCCCC=CCC=CCCCCC)N1CC1C. The highest BCUT2D eigenvalue weighted by Crippen LogP contribution is 2.21. The molecule has 0 saturated carbocycles. The molecule has 0 aliphatic carbocycles. The summed E-state index contributed by atoms with van der Waals surface area (Å²) in [5.74, 6) is 0. The molecule has 1 aliphatic heterocycles. The summed E-state index contributed by atoms with van der Waals surface area (Å²) in [5.41, 5.74) is 0. The van der Waals surface area contributed by atoms with E-state index in [0.29, 0.717) is 12.1 Å². The minimum Gasteiger partial charge on any atom is -0.380 e. The molecule has 262 valence electrons. The molecule has 0 aromatic rings. The molecule has 2 unspecified atom stereocenters. The zero-order valence-electron chi connectivity index (χ0n) is 30.5. The molecule has 0 aromatic heterocycles. The fourth-order valence-electron chi connectivity index (χ4n) is 5.83. The minimum atomic E-state index is 0.439. The maximum absolute atomic E-state index is 6.11. The van der Waals surface area contributed by atoms with Crippen molar-refractivity contribution in [2.45, 2.75) is 187 Å². The van der Waals surface area contributed by atoms with Gasteiger partial charge in [0.1, 0.15) is 0 Å². The molecule has 1 rings (SSSR count). The molecule has 1 saturated heterocycles. The third kappa shape index (κ3) is 30.0. The number of nitrogens with zero attached hydrogens (tertiary/aromatic N) is 1. The maximum atomic E-state index is 6.11. The van der Waals surface area contributed by atoms with Crippen molar-refractivity contribution in [2.75, 3.05) is 33.0 Å². The van der Waals surface area contributed by atoms with E-state index in [0.717, 1.165) is 39.3 Å². The molecule has 0 bridgehead atoms. The first kappa shape index (κ1) is 41.9. The Morgan fingerprint density at radius 3 is 1.18 bits per heavy atom. The number of ether oxygens (including phenoxy) is 2. The van der Waals surface area contributed by atoms with Gasteiger partial charge in [-0.15, -0.1) is 0 Å². The van der Waals surface area contributed by atoms with Gasteiger partial charge < -0.3 is 9.47 Å². The highest BCUT2D eigenvalue weighted by molar-refractivity contribution is 4.94. The molecule has 1 aliphatic rings. The Balaban J connectivity index is 1.88. The lowest BCUT2D eigenvalue weighted by Gasteiger charge is -2.19. The lowest BCUT2D eigenvalue weighted by molar-refractivity contribution is 0.0323. The van der Waals surface area contributed by atoms with Crippen molar-refractivity contribution < 1.29 is 9.47 Å². The number of rotatable bonds is 35. The van der Waals surface area contributed by atoms with Gasteiger partial charge in [0.05, 0.1) is 19.3 Å². The quantitative estimate of drug-likeness (QED) is 0.0396. The predicted molar refractivity (Wildman–Crippen MR) is 200 cm³/mol. The first-order chi connectivity index (χ1) is 22.3. The van der Waals surface area contributed by atoms with E-state index < -0.39 is 0 Å². The van der Waals surface area contributed by atoms with Crippen molar-refractivity contribution >= 4 is 0 Å². The van der Waals surface area contributed by atoms with Crippen LogP contribution in [0.3, 0.4) is 0 Å². The van der Waals surface area contributed by atoms with Crippen LogP contribution in [0.4, 0.5) is 0 Å². The van der Waals surface area contributed by atoms with E-state index in [2.05, 4.69) is 74.3 Å². The van der Waals surface area contributed by atoms with E-state index in [-0.39, 0.29) is 0 Å². The average molecular weight is 628 g/mol. The van der Waals surface area contributed by atoms with Crippen LogP contribution in [0.5, 0.6) is 0 Å². The van der Waals surface area contributed by atoms with Crippen LogP contribution in [0.25, 0.3) is 0 Å². The molecule has 0 amide bonds. The highest BCUT2D eigenvalue weighted by Gasteiger charge is 2.36. The molecule has 3 heteroatoms. The topological polar surface area (TPSA) is 21.5 Å². The van der Waals surface area contributed by atoms with Gasteiger partial charge in [0.25, 0.3) is 0 Å². The van der Waals surface area contributed by atoms with Crippen LogP contribution < -0.4 is 0 Å². The molecule has 1 heterocycles. The second-order valence-corrected chi connectivity index (χ2v) is 13.5. The third-order valence-corrected chi connectivity index (χ3v) is 8.98. The van der Waals surface area contributed by atoms with Crippen LogP contribution in [0.2, 0.25) is 0 Å². The molecular weight excluding hydrogens is 550 g/mol. The largest absolute Gasteiger partial charge is 0.380 e. The zero-order chi connectivity index (χ0) is 32.3. The van der Waals surface area contributed by atoms with Gasteiger partial charge in [0.2, 0.25) is 0 Å². The first-order valence-electron chi connectivity index (χ1n) is 19.8. The Labute approximate surface area is 282 Å².